The first kappa shape index (κ1) is 34.1. The summed E-state index contributed by atoms with van der Waals surface area (Å²) in [6.07, 6.45) is 25.9. The molecule has 0 saturated heterocycles. The summed E-state index contributed by atoms with van der Waals surface area (Å²) in [5.74, 6) is 0.528. The second kappa shape index (κ2) is 20.2. The molecule has 0 heterocycles. The fraction of sp³-hybridized carbons (Fsp3) is 0.294. The topological polar surface area (TPSA) is 49.4 Å². The average molecular weight is 511 g/mol. The van der Waals surface area contributed by atoms with Crippen molar-refractivity contribution in [2.24, 2.45) is 26.4 Å². The lowest BCUT2D eigenvalue weighted by molar-refractivity contribution is 0.769. The standard InChI is InChI=1S/C34H46N4/c1-12-17-34(25-21-30(11)35-37-33(16-5)24-18-27(8)13-2)38-36-29(10)20-23-32(15-4)31(14-3)22-19-28(9)26(6)7/h12-13,15-26H,2,4-5,14H2,1,3,6-11H3/b17-12-,27-18-,28-19-,29-20+,30-21+,31-22+,32-23+,33-24+,34-25+,37-35+,38-36+. The summed E-state index contributed by atoms with van der Waals surface area (Å²) in [7, 11) is 0. The monoisotopic (exact) mass is 510 g/mol. The lowest BCUT2D eigenvalue weighted by Gasteiger charge is -2.06. The Hall–Kier alpha value is -3.92. The highest BCUT2D eigenvalue weighted by Crippen LogP contribution is 2.18. The lowest BCUT2D eigenvalue weighted by atomic mass is 9.99. The molecule has 0 spiro atoms. The molecule has 38 heavy (non-hydrogen) atoms. The molecule has 0 aliphatic carbocycles. The van der Waals surface area contributed by atoms with Gasteiger partial charge in [0.2, 0.25) is 0 Å². The van der Waals surface area contributed by atoms with E-state index in [1.54, 1.807) is 12.2 Å². The third kappa shape index (κ3) is 15.2. The Morgan fingerprint density at radius 3 is 1.74 bits per heavy atom. The molecule has 0 unspecified atom stereocenters. The molecule has 0 N–H and O–H groups in total. The molecule has 0 aliphatic rings. The summed E-state index contributed by atoms with van der Waals surface area (Å²) >= 11 is 0. The quantitative estimate of drug-likeness (QED) is 0.155. The first-order chi connectivity index (χ1) is 18.1. The van der Waals surface area contributed by atoms with E-state index in [9.17, 15) is 0 Å². The normalized spacial score (nSPS) is 15.9. The predicted octanol–water partition coefficient (Wildman–Crippen LogP) is 11.4. The Morgan fingerprint density at radius 2 is 1.24 bits per heavy atom. The molecule has 0 amide bonds. The highest BCUT2D eigenvalue weighted by Gasteiger charge is 1.99. The van der Waals surface area contributed by atoms with Crippen molar-refractivity contribution in [3.8, 4) is 0 Å². The number of hydrogen-bond acceptors (Lipinski definition) is 4. The Bertz CT molecular complexity index is 1150. The number of hydrogen-bond donors (Lipinski definition) is 0. The number of allylic oxidation sites excluding steroid dienone is 19. The van der Waals surface area contributed by atoms with E-state index in [4.69, 9.17) is 0 Å². The molecule has 0 aliphatic heterocycles. The van der Waals surface area contributed by atoms with Crippen LogP contribution in [0.5, 0.6) is 0 Å². The molecule has 0 saturated carbocycles. The van der Waals surface area contributed by atoms with Crippen LogP contribution >= 0.6 is 0 Å². The highest BCUT2D eigenvalue weighted by atomic mass is 15.1. The largest absolute Gasteiger partial charge is 0.155 e. The molecule has 0 radical (unpaired) electrons. The van der Waals surface area contributed by atoms with Gasteiger partial charge in [0.25, 0.3) is 0 Å². The van der Waals surface area contributed by atoms with Gasteiger partial charge in [0.05, 0.1) is 22.8 Å². The third-order valence-corrected chi connectivity index (χ3v) is 5.46. The van der Waals surface area contributed by atoms with Crippen molar-refractivity contribution in [3.63, 3.8) is 0 Å². The van der Waals surface area contributed by atoms with Gasteiger partial charge in [-0.25, -0.2) is 0 Å². The van der Waals surface area contributed by atoms with E-state index in [-0.39, 0.29) is 0 Å². The van der Waals surface area contributed by atoms with E-state index >= 15 is 0 Å². The highest BCUT2D eigenvalue weighted by molar-refractivity contribution is 5.43. The third-order valence-electron chi connectivity index (χ3n) is 5.46. The first-order valence-corrected chi connectivity index (χ1v) is 13.0. The summed E-state index contributed by atoms with van der Waals surface area (Å²) in [6, 6.07) is 0. The van der Waals surface area contributed by atoms with Gasteiger partial charge in [-0.1, -0.05) is 94.2 Å². The predicted molar refractivity (Wildman–Crippen MR) is 168 cm³/mol. The Morgan fingerprint density at radius 1 is 0.658 bits per heavy atom. The van der Waals surface area contributed by atoms with Gasteiger partial charge in [-0.05, 0) is 94.6 Å². The van der Waals surface area contributed by atoms with Gasteiger partial charge < -0.3 is 0 Å². The maximum Gasteiger partial charge on any atom is 0.0854 e. The first-order valence-electron chi connectivity index (χ1n) is 13.0. The van der Waals surface area contributed by atoms with Gasteiger partial charge in [-0.15, -0.1) is 0 Å². The number of rotatable bonds is 15. The van der Waals surface area contributed by atoms with Gasteiger partial charge in [0, 0.05) is 0 Å². The Balaban J connectivity index is 5.80. The van der Waals surface area contributed by atoms with Crippen molar-refractivity contribution in [2.75, 3.05) is 0 Å². The minimum Gasteiger partial charge on any atom is -0.155 e. The summed E-state index contributed by atoms with van der Waals surface area (Å²) in [4.78, 5) is 0. The zero-order chi connectivity index (χ0) is 28.9. The van der Waals surface area contributed by atoms with Crippen LogP contribution in [-0.2, 0) is 0 Å². The van der Waals surface area contributed by atoms with Crippen molar-refractivity contribution in [1.82, 2.24) is 0 Å². The van der Waals surface area contributed by atoms with Crippen LogP contribution in [0.25, 0.3) is 0 Å². The second-order valence-electron chi connectivity index (χ2n) is 8.96. The molecule has 0 aromatic carbocycles. The Kier molecular flexibility index (Phi) is 18.1. The molecule has 0 bridgehead atoms. The zero-order valence-electron chi connectivity index (χ0n) is 24.7. The van der Waals surface area contributed by atoms with Crippen molar-refractivity contribution in [3.05, 3.63) is 144 Å². The number of azo groups is 2. The minimum atomic E-state index is 0.528. The molecule has 4 nitrogen and oxygen atoms in total. The van der Waals surface area contributed by atoms with Crippen LogP contribution in [0.2, 0.25) is 0 Å². The summed E-state index contributed by atoms with van der Waals surface area (Å²) in [5, 5.41) is 17.3. The maximum absolute atomic E-state index is 4.39. The number of nitrogens with zero attached hydrogens (tertiary/aromatic N) is 4. The van der Waals surface area contributed by atoms with Crippen LogP contribution in [0.4, 0.5) is 0 Å². The van der Waals surface area contributed by atoms with Gasteiger partial charge >= 0.3 is 0 Å². The second-order valence-corrected chi connectivity index (χ2v) is 8.96. The van der Waals surface area contributed by atoms with Crippen LogP contribution in [0.1, 0.15) is 61.8 Å². The van der Waals surface area contributed by atoms with Crippen LogP contribution in [0.15, 0.2) is 164 Å². The van der Waals surface area contributed by atoms with Crippen molar-refractivity contribution in [1.29, 1.82) is 0 Å². The van der Waals surface area contributed by atoms with Crippen molar-refractivity contribution < 1.29 is 0 Å². The van der Waals surface area contributed by atoms with Gasteiger partial charge in [-0.2, -0.15) is 20.5 Å². The smallest absolute Gasteiger partial charge is 0.0854 e. The minimum absolute atomic E-state index is 0.528. The van der Waals surface area contributed by atoms with Crippen LogP contribution in [-0.4, -0.2) is 0 Å². The van der Waals surface area contributed by atoms with E-state index in [0.717, 1.165) is 29.0 Å². The molecular weight excluding hydrogens is 464 g/mol. The summed E-state index contributed by atoms with van der Waals surface area (Å²) in [6.45, 7) is 27.9. The van der Waals surface area contributed by atoms with Gasteiger partial charge in [0.15, 0.2) is 0 Å². The van der Waals surface area contributed by atoms with Gasteiger partial charge in [0.1, 0.15) is 0 Å². The van der Waals surface area contributed by atoms with E-state index in [0.29, 0.717) is 17.3 Å². The summed E-state index contributed by atoms with van der Waals surface area (Å²) < 4.78 is 0. The van der Waals surface area contributed by atoms with Crippen LogP contribution < -0.4 is 0 Å². The molecule has 0 aromatic heterocycles. The molecule has 202 valence electrons. The van der Waals surface area contributed by atoms with Crippen molar-refractivity contribution >= 4 is 0 Å². The van der Waals surface area contributed by atoms with E-state index in [1.165, 1.54) is 11.1 Å². The Labute approximate surface area is 231 Å². The molecular formula is C34H46N4. The van der Waals surface area contributed by atoms with Crippen LogP contribution in [0, 0.1) is 5.92 Å². The fourth-order valence-corrected chi connectivity index (χ4v) is 2.63. The summed E-state index contributed by atoms with van der Waals surface area (Å²) in [5.41, 5.74) is 7.57. The molecule has 0 aromatic rings. The van der Waals surface area contributed by atoms with Gasteiger partial charge in [-0.3, -0.25) is 0 Å². The molecule has 4 heteroatoms. The average Bonchev–Trinajstić information content (AvgIpc) is 2.91. The van der Waals surface area contributed by atoms with E-state index < -0.39 is 0 Å². The lowest BCUT2D eigenvalue weighted by Crippen LogP contribution is -1.89. The fourth-order valence-electron chi connectivity index (χ4n) is 2.63. The molecule has 0 fully saturated rings. The zero-order valence-corrected chi connectivity index (χ0v) is 24.7. The maximum atomic E-state index is 4.39. The van der Waals surface area contributed by atoms with Crippen molar-refractivity contribution in [2.45, 2.75) is 61.8 Å². The molecule has 0 atom stereocenters. The van der Waals surface area contributed by atoms with Crippen LogP contribution in [0.3, 0.4) is 0 Å². The van der Waals surface area contributed by atoms with E-state index in [2.05, 4.69) is 80.0 Å². The SMILES string of the molecule is C=C\C(C)=C/C=C(C=C)/N=N/C(C)=C/C=C(\C=C/C)/N=N/C(C)=C/C=C(C=C)/C(=C/C=C(/C)C(C)C)CC. The molecule has 0 rings (SSSR count). The van der Waals surface area contributed by atoms with E-state index in [1.807, 2.05) is 82.4 Å².